The number of benzene rings is 1. The molecular formula is C12H9Cl2NO4. The van der Waals surface area contributed by atoms with Crippen LogP contribution < -0.4 is 4.74 Å². The molecule has 0 aliphatic rings. The Morgan fingerprint density at radius 3 is 2.53 bits per heavy atom. The van der Waals surface area contributed by atoms with Crippen molar-refractivity contribution in [3.8, 4) is 17.4 Å². The van der Waals surface area contributed by atoms with Crippen molar-refractivity contribution in [2.45, 2.75) is 6.92 Å². The molecule has 1 N–H and O–H groups in total. The van der Waals surface area contributed by atoms with E-state index in [1.807, 2.05) is 0 Å². The second kappa shape index (κ2) is 5.50. The minimum absolute atomic E-state index is 0.0882. The third kappa shape index (κ3) is 3.00. The van der Waals surface area contributed by atoms with Gasteiger partial charge >= 0.3 is 11.9 Å². The maximum absolute atomic E-state index is 11.0. The number of oxazole rings is 1. The van der Waals surface area contributed by atoms with Crippen molar-refractivity contribution in [2.75, 3.05) is 6.61 Å². The number of nitrogens with zero attached hydrogens (tertiary/aromatic N) is 1. The molecule has 2 rings (SSSR count). The molecule has 7 heteroatoms. The first-order valence-electron chi connectivity index (χ1n) is 5.34. The molecule has 0 saturated heterocycles. The number of aromatic carboxylic acids is 1. The van der Waals surface area contributed by atoms with Crippen LogP contribution in [0.5, 0.6) is 5.95 Å². The van der Waals surface area contributed by atoms with Crippen LogP contribution in [0, 0.1) is 0 Å². The van der Waals surface area contributed by atoms with Gasteiger partial charge in [-0.05, 0) is 25.1 Å². The van der Waals surface area contributed by atoms with Crippen LogP contribution in [0.1, 0.15) is 17.4 Å². The SMILES string of the molecule is CCOc1oc(-c2cc(Cl)cc(Cl)c2)nc1C(=O)O. The van der Waals surface area contributed by atoms with Crippen LogP contribution in [0.2, 0.25) is 10.0 Å². The monoisotopic (exact) mass is 301 g/mol. The number of carboxylic acids is 1. The lowest BCUT2D eigenvalue weighted by Crippen LogP contribution is -2.01. The van der Waals surface area contributed by atoms with Crippen molar-refractivity contribution < 1.29 is 19.1 Å². The fraction of sp³-hybridized carbons (Fsp3) is 0.167. The van der Waals surface area contributed by atoms with Crippen molar-refractivity contribution in [3.05, 3.63) is 33.9 Å². The summed E-state index contributed by atoms with van der Waals surface area (Å²) in [5.41, 5.74) is 0.193. The van der Waals surface area contributed by atoms with Gasteiger partial charge in [0.25, 0.3) is 0 Å². The van der Waals surface area contributed by atoms with Crippen LogP contribution >= 0.6 is 23.2 Å². The van der Waals surface area contributed by atoms with E-state index in [9.17, 15) is 4.79 Å². The summed E-state index contributed by atoms with van der Waals surface area (Å²) in [7, 11) is 0. The van der Waals surface area contributed by atoms with Gasteiger partial charge in [0.2, 0.25) is 11.6 Å². The largest absolute Gasteiger partial charge is 0.476 e. The Balaban J connectivity index is 2.50. The maximum Gasteiger partial charge on any atom is 0.362 e. The number of halogens is 2. The second-order valence-corrected chi connectivity index (χ2v) is 4.42. The highest BCUT2D eigenvalue weighted by Crippen LogP contribution is 2.31. The van der Waals surface area contributed by atoms with Gasteiger partial charge in [-0.25, -0.2) is 4.79 Å². The molecule has 0 bridgehead atoms. The highest BCUT2D eigenvalue weighted by molar-refractivity contribution is 6.35. The van der Waals surface area contributed by atoms with Crippen LogP contribution in [0.25, 0.3) is 11.5 Å². The van der Waals surface area contributed by atoms with Gasteiger partial charge < -0.3 is 14.3 Å². The maximum atomic E-state index is 11.0. The normalized spacial score (nSPS) is 10.5. The lowest BCUT2D eigenvalue weighted by atomic mass is 10.2. The van der Waals surface area contributed by atoms with Gasteiger partial charge in [0.05, 0.1) is 6.61 Å². The Hall–Kier alpha value is -1.72. The number of hydrogen-bond donors (Lipinski definition) is 1. The van der Waals surface area contributed by atoms with E-state index in [1.165, 1.54) is 0 Å². The number of carboxylic acid groups (broad SMARTS) is 1. The Kier molecular flexibility index (Phi) is 3.97. The summed E-state index contributed by atoms with van der Waals surface area (Å²) in [5, 5.41) is 9.80. The summed E-state index contributed by atoms with van der Waals surface area (Å²) in [6.45, 7) is 1.98. The van der Waals surface area contributed by atoms with Crippen LogP contribution in [-0.4, -0.2) is 22.7 Å². The van der Waals surface area contributed by atoms with Crippen molar-refractivity contribution in [2.24, 2.45) is 0 Å². The number of ether oxygens (including phenoxy) is 1. The van der Waals surface area contributed by atoms with Gasteiger partial charge in [-0.1, -0.05) is 23.2 Å². The number of carbonyl (C=O) groups is 1. The van der Waals surface area contributed by atoms with Gasteiger partial charge in [-0.3, -0.25) is 0 Å². The van der Waals surface area contributed by atoms with Crippen LogP contribution in [0.4, 0.5) is 0 Å². The van der Waals surface area contributed by atoms with E-state index in [2.05, 4.69) is 4.98 Å². The van der Waals surface area contributed by atoms with Gasteiger partial charge in [-0.15, -0.1) is 0 Å². The van der Waals surface area contributed by atoms with E-state index in [-0.39, 0.29) is 24.1 Å². The standard InChI is InChI=1S/C12H9Cl2NO4/c1-2-18-12-9(11(16)17)15-10(19-12)6-3-7(13)5-8(14)4-6/h3-5H,2H2,1H3,(H,16,17). The van der Waals surface area contributed by atoms with E-state index < -0.39 is 5.97 Å². The summed E-state index contributed by atoms with van der Waals surface area (Å²) in [6, 6.07) is 4.69. The van der Waals surface area contributed by atoms with E-state index in [4.69, 9.17) is 37.5 Å². The van der Waals surface area contributed by atoms with Crippen LogP contribution in [-0.2, 0) is 0 Å². The predicted molar refractivity (Wildman–Crippen MR) is 70.1 cm³/mol. The molecule has 0 radical (unpaired) electrons. The molecule has 0 aliphatic carbocycles. The molecule has 5 nitrogen and oxygen atoms in total. The molecule has 1 heterocycles. The molecule has 0 unspecified atom stereocenters. The zero-order valence-corrected chi connectivity index (χ0v) is 11.3. The Morgan fingerprint density at radius 2 is 2.00 bits per heavy atom. The molecule has 0 amide bonds. The number of hydrogen-bond acceptors (Lipinski definition) is 4. The lowest BCUT2D eigenvalue weighted by Gasteiger charge is -1.99. The molecule has 0 atom stereocenters. The molecule has 0 aliphatic heterocycles. The van der Waals surface area contributed by atoms with Gasteiger partial charge in [0.1, 0.15) is 0 Å². The van der Waals surface area contributed by atoms with Crippen molar-refractivity contribution in [3.63, 3.8) is 0 Å². The summed E-state index contributed by atoms with van der Waals surface area (Å²) in [6.07, 6.45) is 0. The predicted octanol–water partition coefficient (Wildman–Crippen LogP) is 3.75. The fourth-order valence-corrected chi connectivity index (χ4v) is 2.00. The zero-order valence-electron chi connectivity index (χ0n) is 9.81. The topological polar surface area (TPSA) is 72.6 Å². The van der Waals surface area contributed by atoms with E-state index in [0.29, 0.717) is 15.6 Å². The molecule has 0 fully saturated rings. The quantitative estimate of drug-likeness (QED) is 0.931. The number of aromatic nitrogens is 1. The molecule has 100 valence electrons. The third-order valence-corrected chi connectivity index (χ3v) is 2.62. The molecule has 1 aromatic heterocycles. The van der Waals surface area contributed by atoms with Crippen LogP contribution in [0.15, 0.2) is 22.6 Å². The Bertz CT molecular complexity index is 604. The molecular weight excluding hydrogens is 293 g/mol. The van der Waals surface area contributed by atoms with E-state index in [1.54, 1.807) is 25.1 Å². The molecule has 1 aromatic carbocycles. The first-order valence-corrected chi connectivity index (χ1v) is 6.10. The van der Waals surface area contributed by atoms with E-state index >= 15 is 0 Å². The third-order valence-electron chi connectivity index (χ3n) is 2.18. The van der Waals surface area contributed by atoms with Gasteiger partial charge in [-0.2, -0.15) is 4.98 Å². The fourth-order valence-electron chi connectivity index (χ4n) is 1.47. The molecule has 0 spiro atoms. The average Bonchev–Trinajstić information content (AvgIpc) is 2.72. The summed E-state index contributed by atoms with van der Waals surface area (Å²) in [4.78, 5) is 14.9. The van der Waals surface area contributed by atoms with Gasteiger partial charge in [0.15, 0.2) is 0 Å². The van der Waals surface area contributed by atoms with Crippen LogP contribution in [0.3, 0.4) is 0 Å². The summed E-state index contributed by atoms with van der Waals surface area (Å²) >= 11 is 11.7. The summed E-state index contributed by atoms with van der Waals surface area (Å²) in [5.74, 6) is -1.28. The first-order chi connectivity index (χ1) is 9.01. The zero-order chi connectivity index (χ0) is 14.0. The highest BCUT2D eigenvalue weighted by Gasteiger charge is 2.22. The smallest absolute Gasteiger partial charge is 0.362 e. The second-order valence-electron chi connectivity index (χ2n) is 3.55. The minimum atomic E-state index is -1.23. The highest BCUT2D eigenvalue weighted by atomic mass is 35.5. The average molecular weight is 302 g/mol. The number of rotatable bonds is 4. The minimum Gasteiger partial charge on any atom is -0.476 e. The molecule has 0 saturated carbocycles. The first kappa shape index (κ1) is 13.7. The Morgan fingerprint density at radius 1 is 1.37 bits per heavy atom. The lowest BCUT2D eigenvalue weighted by molar-refractivity contribution is 0.0683. The van der Waals surface area contributed by atoms with Crippen molar-refractivity contribution >= 4 is 29.2 Å². The van der Waals surface area contributed by atoms with Crippen molar-refractivity contribution in [1.29, 1.82) is 0 Å². The molecule has 2 aromatic rings. The Labute approximate surface area is 118 Å². The van der Waals surface area contributed by atoms with Gasteiger partial charge in [0, 0.05) is 15.6 Å². The molecule has 19 heavy (non-hydrogen) atoms. The van der Waals surface area contributed by atoms with Crippen molar-refractivity contribution in [1.82, 2.24) is 4.98 Å². The summed E-state index contributed by atoms with van der Waals surface area (Å²) < 4.78 is 10.4. The van der Waals surface area contributed by atoms with E-state index in [0.717, 1.165) is 0 Å².